The number of hydrogen-bond acceptors (Lipinski definition) is 3. The maximum atomic E-state index is 10.9. The van der Waals surface area contributed by atoms with E-state index in [0.717, 1.165) is 51.4 Å². The van der Waals surface area contributed by atoms with Gasteiger partial charge < -0.3 is 14.8 Å². The number of unbranched alkanes of at least 4 members (excludes halogenated alkanes) is 4. The first-order valence-electron chi connectivity index (χ1n) is 9.51. The Morgan fingerprint density at radius 3 is 2.54 bits per heavy atom. The molecule has 2 bridgehead atoms. The van der Waals surface area contributed by atoms with Crippen molar-refractivity contribution in [1.29, 1.82) is 0 Å². The number of rotatable bonds is 10. The van der Waals surface area contributed by atoms with E-state index in [1.54, 1.807) is 0 Å². The molecule has 3 aliphatic carbocycles. The number of aliphatic hydroxyl groups is 1. The first-order valence-corrected chi connectivity index (χ1v) is 9.95. The summed E-state index contributed by atoms with van der Waals surface area (Å²) in [6, 6.07) is 0. The lowest BCUT2D eigenvalue weighted by molar-refractivity contribution is -0.304. The highest BCUT2D eigenvalue weighted by Gasteiger charge is 2.71. The van der Waals surface area contributed by atoms with Gasteiger partial charge in [-0.1, -0.05) is 39.2 Å². The fourth-order valence-electron chi connectivity index (χ4n) is 4.83. The van der Waals surface area contributed by atoms with Gasteiger partial charge in [0, 0.05) is 0 Å². The second-order valence-corrected chi connectivity index (χ2v) is 9.13. The van der Waals surface area contributed by atoms with Crippen LogP contribution in [0.1, 0.15) is 78.6 Å². The molecule has 3 rings (SSSR count). The fraction of sp³-hybridized carbons (Fsp3) is 0.895. The van der Waals surface area contributed by atoms with Gasteiger partial charge in [-0.05, 0) is 56.8 Å². The van der Waals surface area contributed by atoms with Gasteiger partial charge in [-0.25, -0.2) is 0 Å². The third-order valence-corrected chi connectivity index (χ3v) is 7.15. The van der Waals surface area contributed by atoms with E-state index >= 15 is 0 Å². The molecule has 3 aliphatic rings. The molecule has 0 amide bonds. The molecule has 0 radical (unpaired) electrons. The van der Waals surface area contributed by atoms with Crippen molar-refractivity contribution in [3.8, 4) is 0 Å². The Kier molecular flexibility index (Phi) is 6.50. The van der Waals surface area contributed by atoms with E-state index in [1.165, 1.54) is 6.42 Å². The minimum Gasteiger partial charge on any atom is -0.426 e. The Labute approximate surface area is 153 Å². The van der Waals surface area contributed by atoms with E-state index in [2.05, 4.69) is 20.4 Å². The summed E-state index contributed by atoms with van der Waals surface area (Å²) in [5.74, 6) is 0.559. The van der Waals surface area contributed by atoms with Gasteiger partial charge in [-0.3, -0.25) is 0 Å². The van der Waals surface area contributed by atoms with E-state index < -0.39 is 23.6 Å². The van der Waals surface area contributed by atoms with Gasteiger partial charge in [0.15, 0.2) is 0 Å². The predicted molar refractivity (Wildman–Crippen MR) is 101 cm³/mol. The Morgan fingerprint density at radius 1 is 1.29 bits per heavy atom. The molecule has 0 aromatic heterocycles. The van der Waals surface area contributed by atoms with Gasteiger partial charge in [0.25, 0.3) is 0 Å². The van der Waals surface area contributed by atoms with Gasteiger partial charge in [-0.15, -0.1) is 18.2 Å². The molecule has 5 heteroatoms. The van der Waals surface area contributed by atoms with Crippen molar-refractivity contribution in [3.05, 3.63) is 12.7 Å². The summed E-state index contributed by atoms with van der Waals surface area (Å²) in [5.41, 5.74) is -1.72. The standard InChI is InChI=1S/C19H34BClO3/c1-5-6-7-8-9-10-11-16(21)20(23)24-19-14-15(17(19,2)3)12-13-18(19,4)22/h5,15-16,22-23H,1,6-14H2,2-4H3/t15?,16-,18?,19?/m0/s1. The average Bonchev–Trinajstić information content (AvgIpc) is 2.51. The fourth-order valence-corrected chi connectivity index (χ4v) is 5.03. The van der Waals surface area contributed by atoms with Crippen LogP contribution in [0.3, 0.4) is 0 Å². The molecule has 0 saturated heterocycles. The van der Waals surface area contributed by atoms with Crippen molar-refractivity contribution in [3.63, 3.8) is 0 Å². The zero-order chi connectivity index (χ0) is 18.0. The third kappa shape index (κ3) is 3.58. The minimum atomic E-state index is -1.02. The Balaban J connectivity index is 1.84. The normalized spacial score (nSPS) is 35.2. The Morgan fingerprint density at radius 2 is 1.96 bits per heavy atom. The molecule has 3 fully saturated rings. The second-order valence-electron chi connectivity index (χ2n) is 8.57. The van der Waals surface area contributed by atoms with Crippen LogP contribution in [0.4, 0.5) is 0 Å². The molecule has 0 aromatic carbocycles. The van der Waals surface area contributed by atoms with E-state index in [1.807, 2.05) is 13.0 Å². The van der Waals surface area contributed by atoms with Gasteiger partial charge in [0.2, 0.25) is 0 Å². The molecule has 0 spiro atoms. The van der Waals surface area contributed by atoms with Crippen molar-refractivity contribution in [1.82, 2.24) is 0 Å². The highest BCUT2D eigenvalue weighted by Crippen LogP contribution is 2.67. The SMILES string of the molecule is C=CCCCCCC[C@H](Cl)B(O)OC12CC(CCC1(C)O)C2(C)C. The van der Waals surface area contributed by atoms with Crippen LogP contribution in [0.2, 0.25) is 0 Å². The average molecular weight is 357 g/mol. The lowest BCUT2D eigenvalue weighted by Crippen LogP contribution is -2.77. The first kappa shape index (κ1) is 20.3. The number of alkyl halides is 1. The molecule has 2 N–H and O–H groups in total. The van der Waals surface area contributed by atoms with E-state index in [-0.39, 0.29) is 5.41 Å². The van der Waals surface area contributed by atoms with Crippen LogP contribution >= 0.6 is 11.6 Å². The maximum Gasteiger partial charge on any atom is 0.473 e. The highest BCUT2D eigenvalue weighted by molar-refractivity contribution is 6.58. The Bertz CT molecular complexity index is 430. The van der Waals surface area contributed by atoms with Crippen molar-refractivity contribution in [2.24, 2.45) is 11.3 Å². The summed E-state index contributed by atoms with van der Waals surface area (Å²) in [6.07, 6.45) is 10.7. The second kappa shape index (κ2) is 7.69. The van der Waals surface area contributed by atoms with Crippen molar-refractivity contribution in [2.45, 2.75) is 95.0 Å². The summed E-state index contributed by atoms with van der Waals surface area (Å²) in [6.45, 7) is 9.86. The van der Waals surface area contributed by atoms with E-state index in [0.29, 0.717) is 5.92 Å². The first-order chi connectivity index (χ1) is 11.2. The molecule has 0 aliphatic heterocycles. The van der Waals surface area contributed by atoms with Crippen LogP contribution in [0.25, 0.3) is 0 Å². The van der Waals surface area contributed by atoms with Crippen LogP contribution < -0.4 is 0 Å². The lowest BCUT2D eigenvalue weighted by atomic mass is 9.40. The zero-order valence-electron chi connectivity index (χ0n) is 15.6. The van der Waals surface area contributed by atoms with Crippen LogP contribution in [0, 0.1) is 11.3 Å². The summed E-state index contributed by atoms with van der Waals surface area (Å²) in [5, 5.41) is 21.0. The minimum absolute atomic E-state index is 0.128. The van der Waals surface area contributed by atoms with Crippen molar-refractivity contribution in [2.75, 3.05) is 0 Å². The lowest BCUT2D eigenvalue weighted by Gasteiger charge is -2.71. The zero-order valence-corrected chi connectivity index (χ0v) is 16.3. The molecule has 0 aromatic rings. The molecule has 4 atom stereocenters. The van der Waals surface area contributed by atoms with Crippen molar-refractivity contribution >= 4 is 18.7 Å². The molecule has 24 heavy (non-hydrogen) atoms. The molecule has 3 saturated carbocycles. The molecule has 138 valence electrons. The smallest absolute Gasteiger partial charge is 0.426 e. The van der Waals surface area contributed by atoms with Crippen LogP contribution in [0.5, 0.6) is 0 Å². The summed E-state index contributed by atoms with van der Waals surface area (Å²) in [7, 11) is -1.02. The largest absolute Gasteiger partial charge is 0.473 e. The monoisotopic (exact) mass is 356 g/mol. The maximum absolute atomic E-state index is 10.9. The van der Waals surface area contributed by atoms with Crippen LogP contribution in [-0.2, 0) is 4.65 Å². The number of halogens is 1. The van der Waals surface area contributed by atoms with Crippen LogP contribution in [-0.4, -0.2) is 33.7 Å². The van der Waals surface area contributed by atoms with E-state index in [9.17, 15) is 10.1 Å². The molecule has 3 unspecified atom stereocenters. The van der Waals surface area contributed by atoms with Gasteiger partial charge in [0.05, 0.1) is 16.5 Å². The van der Waals surface area contributed by atoms with Gasteiger partial charge in [0.1, 0.15) is 0 Å². The molecular formula is C19H34BClO3. The predicted octanol–water partition coefficient (Wildman–Crippen LogP) is 4.49. The number of fused-ring (bicyclic) bond motifs is 2. The third-order valence-electron chi connectivity index (χ3n) is 6.71. The molecule has 3 nitrogen and oxygen atoms in total. The van der Waals surface area contributed by atoms with Gasteiger partial charge in [-0.2, -0.15) is 0 Å². The number of allylic oxidation sites excluding steroid dienone is 1. The topological polar surface area (TPSA) is 49.7 Å². The van der Waals surface area contributed by atoms with Crippen LogP contribution in [0.15, 0.2) is 12.7 Å². The van der Waals surface area contributed by atoms with Crippen molar-refractivity contribution < 1.29 is 14.8 Å². The summed E-state index contributed by atoms with van der Waals surface area (Å²) in [4.78, 5) is 0. The molecular weight excluding hydrogens is 322 g/mol. The quantitative estimate of drug-likeness (QED) is 0.262. The summed E-state index contributed by atoms with van der Waals surface area (Å²) < 4.78 is 6.09. The van der Waals surface area contributed by atoms with Gasteiger partial charge >= 0.3 is 7.12 Å². The Hall–Kier alpha value is -0.0251. The number of hydrogen-bond donors (Lipinski definition) is 2. The highest BCUT2D eigenvalue weighted by atomic mass is 35.5. The molecule has 0 heterocycles. The van der Waals surface area contributed by atoms with E-state index in [4.69, 9.17) is 16.3 Å². The summed E-state index contributed by atoms with van der Waals surface area (Å²) >= 11 is 6.38.